The first-order valence-corrected chi connectivity index (χ1v) is 10.2. The number of aromatic nitrogens is 1. The Morgan fingerprint density at radius 2 is 1.96 bits per heavy atom. The predicted molar refractivity (Wildman–Crippen MR) is 110 cm³/mol. The summed E-state index contributed by atoms with van der Waals surface area (Å²) in [6, 6.07) is 16.2. The smallest absolute Gasteiger partial charge is 0.228 e. The van der Waals surface area contributed by atoms with Crippen LogP contribution in [0.1, 0.15) is 36.6 Å². The van der Waals surface area contributed by atoms with Crippen molar-refractivity contribution in [1.82, 2.24) is 9.88 Å². The number of benzene rings is 2. The third-order valence-electron chi connectivity index (χ3n) is 6.00. The normalized spacial score (nSPS) is 19.9. The lowest BCUT2D eigenvalue weighted by Gasteiger charge is -2.31. The number of carbonyl (C=O) groups excluding carboxylic acids is 1. The van der Waals surface area contributed by atoms with E-state index in [2.05, 4.69) is 22.0 Å². The first-order chi connectivity index (χ1) is 13.8. The lowest BCUT2D eigenvalue weighted by Crippen LogP contribution is -2.38. The van der Waals surface area contributed by atoms with Crippen LogP contribution >= 0.6 is 0 Å². The first kappa shape index (κ1) is 17.4. The van der Waals surface area contributed by atoms with E-state index in [-0.39, 0.29) is 5.91 Å². The highest BCUT2D eigenvalue weighted by Gasteiger charge is 2.28. The van der Waals surface area contributed by atoms with E-state index in [4.69, 9.17) is 4.42 Å². The van der Waals surface area contributed by atoms with Crippen LogP contribution in [0.3, 0.4) is 0 Å². The number of piperidine rings is 1. The second kappa shape index (κ2) is 7.40. The molecular weight excluding hydrogens is 350 g/mol. The van der Waals surface area contributed by atoms with E-state index in [1.54, 1.807) is 0 Å². The molecular formula is C23H25N3O2. The molecule has 0 spiro atoms. The summed E-state index contributed by atoms with van der Waals surface area (Å²) in [5.41, 5.74) is 4.16. The Morgan fingerprint density at radius 3 is 2.89 bits per heavy atom. The van der Waals surface area contributed by atoms with Crippen molar-refractivity contribution in [1.29, 1.82) is 0 Å². The highest BCUT2D eigenvalue weighted by atomic mass is 16.3. The van der Waals surface area contributed by atoms with Gasteiger partial charge in [0.1, 0.15) is 5.52 Å². The summed E-state index contributed by atoms with van der Waals surface area (Å²) < 4.78 is 5.99. The molecule has 0 bridgehead atoms. The van der Waals surface area contributed by atoms with E-state index in [0.29, 0.717) is 12.3 Å². The van der Waals surface area contributed by atoms with E-state index in [1.807, 2.05) is 41.3 Å². The zero-order valence-corrected chi connectivity index (χ0v) is 16.0. The molecule has 1 saturated heterocycles. The Bertz CT molecular complexity index is 963. The van der Waals surface area contributed by atoms with Crippen LogP contribution in [0.15, 0.2) is 52.9 Å². The molecule has 2 aliphatic heterocycles. The molecule has 28 heavy (non-hydrogen) atoms. The molecule has 1 aromatic heterocycles. The number of amides is 1. The minimum absolute atomic E-state index is 0.230. The van der Waals surface area contributed by atoms with Gasteiger partial charge in [0.25, 0.3) is 0 Å². The van der Waals surface area contributed by atoms with Crippen LogP contribution in [-0.2, 0) is 11.2 Å². The second-order valence-electron chi connectivity index (χ2n) is 7.83. The highest BCUT2D eigenvalue weighted by molar-refractivity contribution is 5.95. The summed E-state index contributed by atoms with van der Waals surface area (Å²) in [6.45, 7) is 3.56. The molecule has 144 valence electrons. The number of oxazole rings is 1. The minimum atomic E-state index is 0.230. The van der Waals surface area contributed by atoms with E-state index in [0.717, 1.165) is 68.1 Å². The number of para-hydroxylation sites is 3. The van der Waals surface area contributed by atoms with Crippen molar-refractivity contribution < 1.29 is 9.21 Å². The minimum Gasteiger partial charge on any atom is -0.440 e. The van der Waals surface area contributed by atoms with Crippen LogP contribution in [0.25, 0.3) is 11.1 Å². The van der Waals surface area contributed by atoms with Gasteiger partial charge in [-0.15, -0.1) is 0 Å². The van der Waals surface area contributed by atoms with Gasteiger partial charge in [-0.3, -0.25) is 4.79 Å². The molecule has 0 saturated carbocycles. The molecule has 1 atom stereocenters. The monoisotopic (exact) mass is 375 g/mol. The van der Waals surface area contributed by atoms with Crippen molar-refractivity contribution in [2.75, 3.05) is 31.1 Å². The average Bonchev–Trinajstić information content (AvgIpc) is 3.36. The van der Waals surface area contributed by atoms with Gasteiger partial charge in [0.05, 0.1) is 0 Å². The standard InChI is InChI=1S/C23H25N3O2/c27-22(26-15-11-17-6-1-3-9-20(17)26)12-14-25-13-5-7-18(16-25)23-24-19-8-2-4-10-21(19)28-23/h1-4,6,8-10,18H,5,7,11-16H2. The maximum absolute atomic E-state index is 12.8. The molecule has 3 aromatic rings. The van der Waals surface area contributed by atoms with Gasteiger partial charge in [-0.2, -0.15) is 0 Å². The lowest BCUT2D eigenvalue weighted by atomic mass is 9.98. The number of anilines is 1. The van der Waals surface area contributed by atoms with Crippen LogP contribution in [0.4, 0.5) is 5.69 Å². The number of nitrogens with zero attached hydrogens (tertiary/aromatic N) is 3. The molecule has 0 radical (unpaired) electrons. The second-order valence-corrected chi connectivity index (χ2v) is 7.83. The SMILES string of the molecule is O=C(CCN1CCCC(c2nc3ccccc3o2)C1)N1CCc2ccccc21. The largest absolute Gasteiger partial charge is 0.440 e. The quantitative estimate of drug-likeness (QED) is 0.692. The van der Waals surface area contributed by atoms with Crippen LogP contribution in [0, 0.1) is 0 Å². The van der Waals surface area contributed by atoms with Crippen LogP contribution < -0.4 is 4.90 Å². The molecule has 1 unspecified atom stereocenters. The fraction of sp³-hybridized carbons (Fsp3) is 0.391. The van der Waals surface area contributed by atoms with Gasteiger partial charge >= 0.3 is 0 Å². The predicted octanol–water partition coefficient (Wildman–Crippen LogP) is 3.99. The number of carbonyl (C=O) groups is 1. The highest BCUT2D eigenvalue weighted by Crippen LogP contribution is 2.30. The molecule has 1 amide bonds. The number of fused-ring (bicyclic) bond motifs is 2. The Balaban J connectivity index is 1.21. The van der Waals surface area contributed by atoms with Crippen LogP contribution in [-0.4, -0.2) is 42.0 Å². The van der Waals surface area contributed by atoms with Crippen molar-refractivity contribution in [2.24, 2.45) is 0 Å². The summed E-state index contributed by atoms with van der Waals surface area (Å²) in [6.07, 6.45) is 3.74. The fourth-order valence-corrected chi connectivity index (χ4v) is 4.51. The molecule has 2 aliphatic rings. The van der Waals surface area contributed by atoms with Gasteiger partial charge in [0.15, 0.2) is 11.5 Å². The maximum Gasteiger partial charge on any atom is 0.228 e. The topological polar surface area (TPSA) is 49.6 Å². The van der Waals surface area contributed by atoms with E-state index in [1.165, 1.54) is 5.56 Å². The van der Waals surface area contributed by atoms with Gasteiger partial charge in [-0.05, 0) is 49.6 Å². The lowest BCUT2D eigenvalue weighted by molar-refractivity contribution is -0.118. The van der Waals surface area contributed by atoms with Crippen molar-refractivity contribution >= 4 is 22.7 Å². The third kappa shape index (κ3) is 3.31. The molecule has 0 N–H and O–H groups in total. The average molecular weight is 375 g/mol. The zero-order valence-electron chi connectivity index (χ0n) is 16.0. The van der Waals surface area contributed by atoms with Crippen LogP contribution in [0.2, 0.25) is 0 Å². The summed E-state index contributed by atoms with van der Waals surface area (Å²) in [5.74, 6) is 1.38. The zero-order chi connectivity index (χ0) is 18.9. The third-order valence-corrected chi connectivity index (χ3v) is 6.00. The number of hydrogen-bond acceptors (Lipinski definition) is 4. The van der Waals surface area contributed by atoms with Gasteiger partial charge in [0, 0.05) is 37.7 Å². The summed E-state index contributed by atoms with van der Waals surface area (Å²) in [4.78, 5) is 21.8. The molecule has 3 heterocycles. The Kier molecular flexibility index (Phi) is 4.61. The van der Waals surface area contributed by atoms with Gasteiger partial charge in [-0.1, -0.05) is 30.3 Å². The van der Waals surface area contributed by atoms with E-state index < -0.39 is 0 Å². The molecule has 1 fully saturated rings. The van der Waals surface area contributed by atoms with Gasteiger partial charge in [-0.25, -0.2) is 4.98 Å². The summed E-state index contributed by atoms with van der Waals surface area (Å²) >= 11 is 0. The number of hydrogen-bond donors (Lipinski definition) is 0. The van der Waals surface area contributed by atoms with E-state index >= 15 is 0 Å². The Labute approximate surface area is 165 Å². The van der Waals surface area contributed by atoms with E-state index in [9.17, 15) is 4.79 Å². The molecule has 5 heteroatoms. The first-order valence-electron chi connectivity index (χ1n) is 10.2. The van der Waals surface area contributed by atoms with Gasteiger partial charge in [0.2, 0.25) is 5.91 Å². The maximum atomic E-state index is 12.8. The molecule has 2 aromatic carbocycles. The summed E-state index contributed by atoms with van der Waals surface area (Å²) in [7, 11) is 0. The van der Waals surface area contributed by atoms with Crippen molar-refractivity contribution in [3.63, 3.8) is 0 Å². The molecule has 0 aliphatic carbocycles. The fourth-order valence-electron chi connectivity index (χ4n) is 4.51. The molecule has 5 nitrogen and oxygen atoms in total. The number of likely N-dealkylation sites (tertiary alicyclic amines) is 1. The Hall–Kier alpha value is -2.66. The summed E-state index contributed by atoms with van der Waals surface area (Å²) in [5, 5.41) is 0. The molecule has 5 rings (SSSR count). The van der Waals surface area contributed by atoms with Crippen molar-refractivity contribution in [3.8, 4) is 0 Å². The van der Waals surface area contributed by atoms with Crippen molar-refractivity contribution in [2.45, 2.75) is 31.6 Å². The number of rotatable bonds is 4. The Morgan fingerprint density at radius 1 is 1.11 bits per heavy atom. The van der Waals surface area contributed by atoms with Crippen LogP contribution in [0.5, 0.6) is 0 Å². The van der Waals surface area contributed by atoms with Crippen molar-refractivity contribution in [3.05, 3.63) is 60.0 Å². The van der Waals surface area contributed by atoms with Gasteiger partial charge < -0.3 is 14.2 Å².